The molecule has 9 heteroatoms. The standard InChI is InChI=1S/C28H36N2O7/c1-14(2)22(26(33)34)30-19(31)7-8-20(32)36-18-9-10-27(13-29)12-28-21-16(11-15(3)24(27)28)5-6-17(35-4)23(21)37-25(18)28/h5-6,9-10,14-15,18,22,24-25H,7-8,11-13,29H2,1-4H3,(H,30,31)(H,33,34)/t15-,18+,22?,24?,25?,27?,28-/m1/s1. The number of hydrogen-bond acceptors (Lipinski definition) is 7. The molecule has 1 aromatic rings. The number of ether oxygens (including phenoxy) is 3. The number of carbonyl (C=O) groups is 3. The zero-order valence-electron chi connectivity index (χ0n) is 21.8. The molecule has 4 unspecified atom stereocenters. The monoisotopic (exact) mass is 512 g/mol. The van der Waals surface area contributed by atoms with Gasteiger partial charge in [-0.05, 0) is 48.3 Å². The quantitative estimate of drug-likeness (QED) is 0.339. The summed E-state index contributed by atoms with van der Waals surface area (Å²) < 4.78 is 18.2. The SMILES string of the molecule is COc1ccc2c3c1OC1[C@@H](OC(=O)CCC(=O)NC(C(=O)O)C(C)C)C=CC4(CN)C[C@]31C4[C@H](C)C2. The Bertz CT molecular complexity index is 1160. The molecule has 1 aliphatic heterocycles. The Kier molecular flexibility index (Phi) is 6.25. The highest BCUT2D eigenvalue weighted by Gasteiger charge is 2.74. The third-order valence-corrected chi connectivity index (χ3v) is 8.92. The predicted molar refractivity (Wildman–Crippen MR) is 134 cm³/mol. The van der Waals surface area contributed by atoms with Gasteiger partial charge in [0.25, 0.3) is 0 Å². The van der Waals surface area contributed by atoms with Crippen LogP contribution in [0.25, 0.3) is 0 Å². The lowest BCUT2D eigenvalue weighted by molar-refractivity contribution is -0.161. The Labute approximate surface area is 216 Å². The molecule has 0 radical (unpaired) electrons. The summed E-state index contributed by atoms with van der Waals surface area (Å²) in [6.45, 7) is 6.19. The fourth-order valence-electron chi connectivity index (χ4n) is 7.61. The van der Waals surface area contributed by atoms with Crippen molar-refractivity contribution >= 4 is 17.8 Å². The van der Waals surface area contributed by atoms with Gasteiger partial charge in [-0.15, -0.1) is 0 Å². The highest BCUT2D eigenvalue weighted by molar-refractivity contribution is 5.86. The summed E-state index contributed by atoms with van der Waals surface area (Å²) in [7, 11) is 1.62. The van der Waals surface area contributed by atoms with Crippen LogP contribution < -0.4 is 20.5 Å². The number of carboxylic acid groups (broad SMARTS) is 1. The maximum Gasteiger partial charge on any atom is 0.326 e. The minimum atomic E-state index is -1.11. The highest BCUT2D eigenvalue weighted by atomic mass is 16.6. The van der Waals surface area contributed by atoms with E-state index in [2.05, 4.69) is 24.4 Å². The van der Waals surface area contributed by atoms with Crippen LogP contribution in [0.1, 0.15) is 51.2 Å². The first kappa shape index (κ1) is 25.6. The Morgan fingerprint density at radius 2 is 2.03 bits per heavy atom. The van der Waals surface area contributed by atoms with Crippen LogP contribution >= 0.6 is 0 Å². The Hall–Kier alpha value is -3.07. The van der Waals surface area contributed by atoms with Crippen LogP contribution in [0, 0.1) is 23.2 Å². The smallest absolute Gasteiger partial charge is 0.326 e. The number of nitrogens with one attached hydrogen (secondary N) is 1. The number of aliphatic carboxylic acids is 1. The first-order valence-corrected chi connectivity index (χ1v) is 13.1. The summed E-state index contributed by atoms with van der Waals surface area (Å²) in [6.07, 6.45) is 4.39. The van der Waals surface area contributed by atoms with Gasteiger partial charge in [0.15, 0.2) is 17.6 Å². The second kappa shape index (κ2) is 9.04. The van der Waals surface area contributed by atoms with E-state index in [-0.39, 0.29) is 35.5 Å². The third-order valence-electron chi connectivity index (χ3n) is 8.92. The zero-order chi connectivity index (χ0) is 26.7. The molecule has 6 rings (SSSR count). The van der Waals surface area contributed by atoms with E-state index >= 15 is 0 Å². The van der Waals surface area contributed by atoms with Crippen LogP contribution in [0.5, 0.6) is 11.5 Å². The molecule has 1 fully saturated rings. The molecule has 1 spiro atoms. The van der Waals surface area contributed by atoms with Crippen molar-refractivity contribution in [1.29, 1.82) is 0 Å². The molecule has 5 aliphatic rings. The minimum absolute atomic E-state index is 0.160. The van der Waals surface area contributed by atoms with E-state index < -0.39 is 36.1 Å². The van der Waals surface area contributed by atoms with E-state index in [1.165, 1.54) is 11.1 Å². The second-order valence-electron chi connectivity index (χ2n) is 11.4. The molecule has 1 heterocycles. The maximum absolute atomic E-state index is 12.9. The van der Waals surface area contributed by atoms with E-state index in [0.29, 0.717) is 18.2 Å². The van der Waals surface area contributed by atoms with Gasteiger partial charge < -0.3 is 30.4 Å². The minimum Gasteiger partial charge on any atom is -0.493 e. The molecule has 9 nitrogen and oxygen atoms in total. The Balaban J connectivity index is 1.37. The Morgan fingerprint density at radius 3 is 2.68 bits per heavy atom. The fraction of sp³-hybridized carbons (Fsp3) is 0.607. The summed E-state index contributed by atoms with van der Waals surface area (Å²) in [5.74, 6) is -0.389. The number of carbonyl (C=O) groups excluding carboxylic acids is 2. The van der Waals surface area contributed by atoms with Crippen molar-refractivity contribution in [3.63, 3.8) is 0 Å². The predicted octanol–water partition coefficient (Wildman–Crippen LogP) is 2.34. The number of carboxylic acids is 1. The molecular weight excluding hydrogens is 476 g/mol. The molecule has 200 valence electrons. The van der Waals surface area contributed by atoms with Gasteiger partial charge >= 0.3 is 11.9 Å². The molecule has 2 bridgehead atoms. The molecule has 1 amide bonds. The lowest BCUT2D eigenvalue weighted by Crippen LogP contribution is -2.69. The van der Waals surface area contributed by atoms with E-state index in [9.17, 15) is 19.5 Å². The summed E-state index contributed by atoms with van der Waals surface area (Å²) in [6, 6.07) is 3.05. The Morgan fingerprint density at radius 1 is 1.27 bits per heavy atom. The largest absolute Gasteiger partial charge is 0.493 e. The molecule has 1 aromatic carbocycles. The number of methoxy groups -OCH3 is 1. The van der Waals surface area contributed by atoms with Crippen molar-refractivity contribution in [3.8, 4) is 11.5 Å². The summed E-state index contributed by atoms with van der Waals surface area (Å²) in [5.41, 5.74) is 8.25. The zero-order valence-corrected chi connectivity index (χ0v) is 21.8. The van der Waals surface area contributed by atoms with Crippen molar-refractivity contribution in [1.82, 2.24) is 5.32 Å². The number of fused-ring (bicyclic) bond motifs is 1. The number of nitrogens with two attached hydrogens (primary N) is 1. The van der Waals surface area contributed by atoms with Gasteiger partial charge in [-0.3, -0.25) is 9.59 Å². The van der Waals surface area contributed by atoms with Crippen LogP contribution in [0.2, 0.25) is 0 Å². The number of amides is 1. The van der Waals surface area contributed by atoms with Crippen molar-refractivity contribution < 1.29 is 33.7 Å². The molecule has 0 aromatic heterocycles. The van der Waals surface area contributed by atoms with Gasteiger partial charge in [0.2, 0.25) is 5.91 Å². The van der Waals surface area contributed by atoms with Crippen molar-refractivity contribution in [3.05, 3.63) is 35.4 Å². The van der Waals surface area contributed by atoms with Crippen LogP contribution in [-0.2, 0) is 31.0 Å². The molecule has 37 heavy (non-hydrogen) atoms. The molecule has 4 aliphatic carbocycles. The van der Waals surface area contributed by atoms with Gasteiger partial charge in [-0.1, -0.05) is 32.9 Å². The number of rotatable bonds is 9. The molecule has 7 atom stereocenters. The molecule has 4 N–H and O–H groups in total. The maximum atomic E-state index is 12.9. The number of esters is 1. The molecule has 1 saturated carbocycles. The van der Waals surface area contributed by atoms with Gasteiger partial charge in [-0.2, -0.15) is 0 Å². The van der Waals surface area contributed by atoms with Crippen LogP contribution in [0.4, 0.5) is 0 Å². The van der Waals surface area contributed by atoms with Gasteiger partial charge in [0.05, 0.1) is 13.5 Å². The molecular formula is C28H36N2O7. The summed E-state index contributed by atoms with van der Waals surface area (Å²) >= 11 is 0. The average molecular weight is 513 g/mol. The van der Waals surface area contributed by atoms with Crippen LogP contribution in [-0.4, -0.2) is 54.9 Å². The normalized spacial score (nSPS) is 32.9. The summed E-state index contributed by atoms with van der Waals surface area (Å²) in [4.78, 5) is 36.6. The van der Waals surface area contributed by atoms with E-state index in [1.54, 1.807) is 21.0 Å². The third kappa shape index (κ3) is 3.73. The van der Waals surface area contributed by atoms with E-state index in [1.807, 2.05) is 12.1 Å². The van der Waals surface area contributed by atoms with Crippen LogP contribution in [0.15, 0.2) is 24.3 Å². The van der Waals surface area contributed by atoms with Gasteiger partial charge in [0, 0.05) is 29.4 Å². The first-order chi connectivity index (χ1) is 17.6. The van der Waals surface area contributed by atoms with Gasteiger partial charge in [-0.25, -0.2) is 4.79 Å². The van der Waals surface area contributed by atoms with E-state index in [4.69, 9.17) is 19.9 Å². The summed E-state index contributed by atoms with van der Waals surface area (Å²) in [5, 5.41) is 11.8. The van der Waals surface area contributed by atoms with Crippen molar-refractivity contribution in [2.45, 2.75) is 70.1 Å². The van der Waals surface area contributed by atoms with Crippen molar-refractivity contribution in [2.24, 2.45) is 28.9 Å². The average Bonchev–Trinajstić information content (AvgIpc) is 3.07. The first-order valence-electron chi connectivity index (χ1n) is 13.1. The number of hydrogen-bond donors (Lipinski definition) is 3. The second-order valence-corrected chi connectivity index (χ2v) is 11.4. The fourth-order valence-corrected chi connectivity index (χ4v) is 7.61. The lowest BCUT2D eigenvalue weighted by atomic mass is 9.37. The van der Waals surface area contributed by atoms with E-state index in [0.717, 1.165) is 18.6 Å². The lowest BCUT2D eigenvalue weighted by Gasteiger charge is -2.65. The number of benzene rings is 1. The van der Waals surface area contributed by atoms with Crippen LogP contribution in [0.3, 0.4) is 0 Å². The molecule has 0 saturated heterocycles. The highest BCUT2D eigenvalue weighted by Crippen LogP contribution is 2.74. The van der Waals surface area contributed by atoms with Crippen molar-refractivity contribution in [2.75, 3.05) is 13.7 Å². The topological polar surface area (TPSA) is 137 Å². The van der Waals surface area contributed by atoms with Gasteiger partial charge in [0.1, 0.15) is 12.1 Å².